The number of aryl methyl sites for hydroxylation is 2. The Morgan fingerprint density at radius 1 is 1.38 bits per heavy atom. The maximum atomic E-state index is 12.4. The van der Waals surface area contributed by atoms with Gasteiger partial charge in [0, 0.05) is 25.9 Å². The Balaban J connectivity index is 1.82. The third-order valence-electron chi connectivity index (χ3n) is 3.69. The van der Waals surface area contributed by atoms with Crippen LogP contribution in [-0.2, 0) is 18.3 Å². The van der Waals surface area contributed by atoms with Crippen LogP contribution in [0.2, 0.25) is 0 Å². The first kappa shape index (κ1) is 15.7. The van der Waals surface area contributed by atoms with Gasteiger partial charge in [-0.1, -0.05) is 0 Å². The van der Waals surface area contributed by atoms with Gasteiger partial charge in [0.05, 0.1) is 17.5 Å². The number of hydrogen-bond donors (Lipinski definition) is 2. The summed E-state index contributed by atoms with van der Waals surface area (Å²) in [7, 11) is 1.76. The predicted molar refractivity (Wildman–Crippen MR) is 83.5 cm³/mol. The lowest BCUT2D eigenvalue weighted by molar-refractivity contribution is -0.139. The Kier molecular flexibility index (Phi) is 3.98. The largest absolute Gasteiger partial charge is 0.480 e. The van der Waals surface area contributed by atoms with Crippen molar-refractivity contribution in [1.29, 1.82) is 0 Å². The number of carbonyl (C=O) groups is 2. The van der Waals surface area contributed by atoms with Gasteiger partial charge in [-0.2, -0.15) is 19.9 Å². The molecule has 3 rings (SSSR count). The number of carboxylic acid groups (broad SMARTS) is 1. The summed E-state index contributed by atoms with van der Waals surface area (Å²) in [5.74, 6) is -1.62. The van der Waals surface area contributed by atoms with Crippen LogP contribution < -0.4 is 5.32 Å². The predicted octanol–water partition coefficient (Wildman–Crippen LogP) is 0.197. The van der Waals surface area contributed by atoms with Crippen molar-refractivity contribution in [3.05, 3.63) is 47.5 Å². The average Bonchev–Trinajstić information content (AvgIpc) is 3.09. The third kappa shape index (κ3) is 2.96. The summed E-state index contributed by atoms with van der Waals surface area (Å²) in [4.78, 5) is 24.0. The first-order valence-electron chi connectivity index (χ1n) is 7.27. The number of carbonyl (C=O) groups excluding carboxylic acids is 1. The van der Waals surface area contributed by atoms with Crippen LogP contribution in [0.5, 0.6) is 0 Å². The molecule has 3 aromatic rings. The lowest BCUT2D eigenvalue weighted by atomic mass is 10.1. The van der Waals surface area contributed by atoms with Crippen molar-refractivity contribution in [2.75, 3.05) is 0 Å². The van der Waals surface area contributed by atoms with Crippen LogP contribution in [0.15, 0.2) is 30.7 Å². The van der Waals surface area contributed by atoms with Crippen molar-refractivity contribution in [3.63, 3.8) is 0 Å². The number of amides is 1. The van der Waals surface area contributed by atoms with Gasteiger partial charge in [0.2, 0.25) is 0 Å². The topological polar surface area (TPSA) is 114 Å². The van der Waals surface area contributed by atoms with Gasteiger partial charge in [-0.3, -0.25) is 9.48 Å². The Hall–Kier alpha value is -3.23. The number of aromatic nitrogens is 5. The molecule has 1 atom stereocenters. The van der Waals surface area contributed by atoms with E-state index in [9.17, 15) is 14.7 Å². The highest BCUT2D eigenvalue weighted by atomic mass is 16.4. The lowest BCUT2D eigenvalue weighted by Gasteiger charge is -2.13. The van der Waals surface area contributed by atoms with E-state index in [0.29, 0.717) is 5.52 Å². The molecule has 0 aromatic carbocycles. The van der Waals surface area contributed by atoms with Crippen LogP contribution in [-0.4, -0.2) is 47.6 Å². The Morgan fingerprint density at radius 2 is 2.17 bits per heavy atom. The molecular weight excluding hydrogens is 312 g/mol. The number of nitrogens with zero attached hydrogens (tertiary/aromatic N) is 5. The molecule has 2 N–H and O–H groups in total. The fourth-order valence-corrected chi connectivity index (χ4v) is 2.51. The van der Waals surface area contributed by atoms with E-state index in [1.54, 1.807) is 43.2 Å². The molecule has 0 radical (unpaired) electrons. The van der Waals surface area contributed by atoms with Gasteiger partial charge in [0.1, 0.15) is 11.6 Å². The molecule has 0 aliphatic rings. The quantitative estimate of drug-likeness (QED) is 0.691. The minimum atomic E-state index is -1.11. The number of fused-ring (bicyclic) bond motifs is 1. The van der Waals surface area contributed by atoms with Gasteiger partial charge in [0.15, 0.2) is 0 Å². The van der Waals surface area contributed by atoms with E-state index >= 15 is 0 Å². The molecule has 9 nitrogen and oxygen atoms in total. The van der Waals surface area contributed by atoms with E-state index in [4.69, 9.17) is 0 Å². The summed E-state index contributed by atoms with van der Waals surface area (Å²) in [5.41, 5.74) is 2.29. The molecular formula is C15H16N6O3. The van der Waals surface area contributed by atoms with E-state index in [1.807, 2.05) is 0 Å². The summed E-state index contributed by atoms with van der Waals surface area (Å²) >= 11 is 0. The highest BCUT2D eigenvalue weighted by Gasteiger charge is 2.24. The first-order valence-corrected chi connectivity index (χ1v) is 7.27. The summed E-state index contributed by atoms with van der Waals surface area (Å²) in [6.07, 6.45) is 4.81. The van der Waals surface area contributed by atoms with Gasteiger partial charge in [-0.05, 0) is 24.6 Å². The molecule has 0 fully saturated rings. The van der Waals surface area contributed by atoms with E-state index < -0.39 is 17.9 Å². The molecule has 0 saturated carbocycles. The van der Waals surface area contributed by atoms with Crippen LogP contribution in [0.3, 0.4) is 0 Å². The van der Waals surface area contributed by atoms with Crippen molar-refractivity contribution in [2.24, 2.45) is 7.05 Å². The Morgan fingerprint density at radius 3 is 2.83 bits per heavy atom. The number of hydrogen-bond acceptors (Lipinski definition) is 5. The minimum Gasteiger partial charge on any atom is -0.480 e. The standard InChI is InChI=1S/C15H16N6O3/c1-9-10(8-20(2)19-9)6-12(15(23)24)18-14(22)11-7-17-21-13(11)4-3-5-16-21/h3-5,7-8,12H,6H2,1-2H3,(H,18,22)(H,23,24). The zero-order valence-corrected chi connectivity index (χ0v) is 13.2. The Labute approximate surface area is 136 Å². The maximum Gasteiger partial charge on any atom is 0.326 e. The molecule has 0 saturated heterocycles. The molecule has 3 heterocycles. The number of aliphatic carboxylic acids is 1. The monoisotopic (exact) mass is 328 g/mol. The molecule has 0 aliphatic heterocycles. The fraction of sp³-hybridized carbons (Fsp3) is 0.267. The highest BCUT2D eigenvalue weighted by molar-refractivity contribution is 6.02. The van der Waals surface area contributed by atoms with Crippen LogP contribution in [0.4, 0.5) is 0 Å². The second-order valence-electron chi connectivity index (χ2n) is 5.44. The van der Waals surface area contributed by atoms with E-state index in [0.717, 1.165) is 11.3 Å². The second-order valence-corrected chi connectivity index (χ2v) is 5.44. The van der Waals surface area contributed by atoms with Gasteiger partial charge in [-0.15, -0.1) is 0 Å². The SMILES string of the molecule is Cc1nn(C)cc1CC(NC(=O)c1cnn2ncccc12)C(=O)O. The van der Waals surface area contributed by atoms with Crippen molar-refractivity contribution >= 4 is 17.4 Å². The average molecular weight is 328 g/mol. The first-order chi connectivity index (χ1) is 11.5. The van der Waals surface area contributed by atoms with Crippen molar-refractivity contribution in [2.45, 2.75) is 19.4 Å². The summed E-state index contributed by atoms with van der Waals surface area (Å²) in [5, 5.41) is 24.1. The highest BCUT2D eigenvalue weighted by Crippen LogP contribution is 2.11. The second kappa shape index (κ2) is 6.11. The summed E-state index contributed by atoms with van der Waals surface area (Å²) < 4.78 is 2.93. The normalized spacial score (nSPS) is 12.2. The maximum absolute atomic E-state index is 12.4. The van der Waals surface area contributed by atoms with Gasteiger partial charge in [-0.25, -0.2) is 4.79 Å². The summed E-state index contributed by atoms with van der Waals surface area (Å²) in [6, 6.07) is 2.31. The van der Waals surface area contributed by atoms with E-state index in [-0.39, 0.29) is 12.0 Å². The van der Waals surface area contributed by atoms with Crippen molar-refractivity contribution < 1.29 is 14.7 Å². The van der Waals surface area contributed by atoms with Crippen LogP contribution in [0.1, 0.15) is 21.6 Å². The van der Waals surface area contributed by atoms with E-state index in [2.05, 4.69) is 20.6 Å². The summed E-state index contributed by atoms with van der Waals surface area (Å²) in [6.45, 7) is 1.80. The van der Waals surface area contributed by atoms with E-state index in [1.165, 1.54) is 10.8 Å². The van der Waals surface area contributed by atoms with Crippen LogP contribution in [0, 0.1) is 6.92 Å². The molecule has 0 spiro atoms. The number of nitrogens with one attached hydrogen (secondary N) is 1. The van der Waals surface area contributed by atoms with Gasteiger partial charge < -0.3 is 10.4 Å². The molecule has 1 unspecified atom stereocenters. The van der Waals surface area contributed by atoms with Gasteiger partial charge in [0.25, 0.3) is 5.91 Å². The zero-order chi connectivity index (χ0) is 17.3. The molecule has 0 aliphatic carbocycles. The van der Waals surface area contributed by atoms with Crippen LogP contribution >= 0.6 is 0 Å². The molecule has 0 bridgehead atoms. The molecule has 124 valence electrons. The molecule has 9 heteroatoms. The molecule has 1 amide bonds. The fourth-order valence-electron chi connectivity index (χ4n) is 2.51. The number of rotatable bonds is 5. The van der Waals surface area contributed by atoms with Crippen molar-refractivity contribution in [1.82, 2.24) is 29.9 Å². The van der Waals surface area contributed by atoms with Gasteiger partial charge >= 0.3 is 5.97 Å². The third-order valence-corrected chi connectivity index (χ3v) is 3.69. The van der Waals surface area contributed by atoms with Crippen molar-refractivity contribution in [3.8, 4) is 0 Å². The number of carboxylic acids is 1. The smallest absolute Gasteiger partial charge is 0.326 e. The lowest BCUT2D eigenvalue weighted by Crippen LogP contribution is -2.42. The molecule has 3 aromatic heterocycles. The minimum absolute atomic E-state index is 0.151. The molecule has 24 heavy (non-hydrogen) atoms. The zero-order valence-electron chi connectivity index (χ0n) is 13.2. The Bertz CT molecular complexity index is 913. The van der Waals surface area contributed by atoms with Crippen LogP contribution in [0.25, 0.3) is 5.52 Å².